The van der Waals surface area contributed by atoms with E-state index in [4.69, 9.17) is 27.9 Å². The first-order valence-corrected chi connectivity index (χ1v) is 14.4. The fraction of sp³-hybridized carbons (Fsp3) is 0.394. The molecule has 42 heavy (non-hydrogen) atoms. The zero-order chi connectivity index (χ0) is 31.4. The van der Waals surface area contributed by atoms with Crippen molar-refractivity contribution < 1.29 is 18.3 Å². The second-order valence-corrected chi connectivity index (χ2v) is 12.3. The Labute approximate surface area is 258 Å². The topological polar surface area (TPSA) is 74.2 Å². The van der Waals surface area contributed by atoms with E-state index in [9.17, 15) is 18.8 Å². The molecule has 2 N–H and O–H groups in total. The maximum Gasteiger partial charge on any atom is 0.211 e. The van der Waals surface area contributed by atoms with Crippen LogP contribution in [0.25, 0.3) is 0 Å². The molecule has 226 valence electrons. The first-order valence-electron chi connectivity index (χ1n) is 13.7. The minimum absolute atomic E-state index is 0.100. The van der Waals surface area contributed by atoms with Crippen molar-refractivity contribution >= 4 is 35.3 Å². The number of amides is 1. The number of nitrogens with one attached hydrogen (secondary N) is 2. The molecule has 5 nitrogen and oxygen atoms in total. The van der Waals surface area contributed by atoms with Gasteiger partial charge in [-0.25, -0.2) is 8.78 Å². The summed E-state index contributed by atoms with van der Waals surface area (Å²) in [5.41, 5.74) is 2.58. The lowest BCUT2D eigenvalue weighted by Crippen LogP contribution is -2.31. The number of rotatable bonds is 6. The van der Waals surface area contributed by atoms with E-state index in [1.54, 1.807) is 31.4 Å². The Bertz CT molecular complexity index is 1340. The summed E-state index contributed by atoms with van der Waals surface area (Å²) in [5, 5.41) is 16.0. The molecule has 1 aliphatic rings. The van der Waals surface area contributed by atoms with Gasteiger partial charge < -0.3 is 15.4 Å². The molecule has 3 atom stereocenters. The summed E-state index contributed by atoms with van der Waals surface area (Å²) in [4.78, 5) is 10.3. The fourth-order valence-electron chi connectivity index (χ4n) is 4.67. The maximum atomic E-state index is 14.2. The van der Waals surface area contributed by atoms with Crippen molar-refractivity contribution in [2.45, 2.75) is 58.9 Å². The molecule has 0 saturated carbocycles. The van der Waals surface area contributed by atoms with Gasteiger partial charge in [0.1, 0.15) is 17.4 Å². The van der Waals surface area contributed by atoms with Crippen molar-refractivity contribution in [1.82, 2.24) is 5.32 Å². The lowest BCUT2D eigenvalue weighted by atomic mass is 9.79. The predicted octanol–water partition coefficient (Wildman–Crippen LogP) is 8.98. The third-order valence-corrected chi connectivity index (χ3v) is 7.25. The van der Waals surface area contributed by atoms with Gasteiger partial charge in [0.15, 0.2) is 0 Å². The smallest absolute Gasteiger partial charge is 0.211 e. The van der Waals surface area contributed by atoms with Crippen LogP contribution >= 0.6 is 23.2 Å². The molecule has 0 spiro atoms. The van der Waals surface area contributed by atoms with Gasteiger partial charge in [0.2, 0.25) is 6.41 Å². The molecule has 3 aromatic carbocycles. The average molecular weight is 619 g/mol. The van der Waals surface area contributed by atoms with Crippen molar-refractivity contribution in [3.05, 3.63) is 93.5 Å². The standard InChI is InChI=1S/C16H20ClFN2.C11H15NO2.C6H4ClF/c1-16(2,3)7-14-11(8-19)12(9-20-14)10-5-4-6-13(17)15(10)18;1-8(2)9-4-5-10(12-7-13)11(6-9)14-3;7-5-2-1-3-6(8)4-5/h4-6,11-12,14,20H,7,9H2,1-3H3;4-8H,1-3H3,(H,12,13);1-4H. The van der Waals surface area contributed by atoms with Crippen LogP contribution in [0.3, 0.4) is 0 Å². The van der Waals surface area contributed by atoms with Crippen molar-refractivity contribution in [2.75, 3.05) is 19.0 Å². The van der Waals surface area contributed by atoms with Crippen LogP contribution in [0.4, 0.5) is 14.5 Å². The highest BCUT2D eigenvalue weighted by Gasteiger charge is 2.39. The summed E-state index contributed by atoms with van der Waals surface area (Å²) in [7, 11) is 1.59. The number of carbonyl (C=O) groups excluding carboxylic acids is 1. The van der Waals surface area contributed by atoms with Crippen molar-refractivity contribution in [3.8, 4) is 11.8 Å². The molecule has 0 radical (unpaired) electrons. The van der Waals surface area contributed by atoms with Crippen LogP contribution in [-0.2, 0) is 4.79 Å². The van der Waals surface area contributed by atoms with Crippen LogP contribution in [-0.4, -0.2) is 26.1 Å². The molecule has 0 aromatic heterocycles. The Morgan fingerprint density at radius 1 is 1.12 bits per heavy atom. The van der Waals surface area contributed by atoms with Crippen LogP contribution in [0.2, 0.25) is 10.0 Å². The number of anilines is 1. The van der Waals surface area contributed by atoms with Gasteiger partial charge in [-0.2, -0.15) is 5.26 Å². The highest BCUT2D eigenvalue weighted by Crippen LogP contribution is 2.38. The Hall–Kier alpha value is -3.18. The number of nitriles is 1. The normalized spacial score (nSPS) is 17.7. The largest absolute Gasteiger partial charge is 0.495 e. The predicted molar refractivity (Wildman–Crippen MR) is 167 cm³/mol. The van der Waals surface area contributed by atoms with Crippen molar-refractivity contribution in [1.29, 1.82) is 5.26 Å². The number of ether oxygens (including phenoxy) is 1. The molecule has 1 heterocycles. The van der Waals surface area contributed by atoms with E-state index in [1.165, 1.54) is 23.8 Å². The van der Waals surface area contributed by atoms with E-state index in [-0.39, 0.29) is 34.1 Å². The van der Waals surface area contributed by atoms with Crippen LogP contribution in [0.5, 0.6) is 5.75 Å². The second kappa shape index (κ2) is 16.5. The molecule has 1 amide bonds. The zero-order valence-electron chi connectivity index (χ0n) is 24.9. The Kier molecular flexibility index (Phi) is 13.7. The van der Waals surface area contributed by atoms with Gasteiger partial charge in [-0.05, 0) is 65.3 Å². The highest BCUT2D eigenvalue weighted by atomic mass is 35.5. The molecule has 0 bridgehead atoms. The number of hydrogen-bond donors (Lipinski definition) is 2. The van der Waals surface area contributed by atoms with E-state index >= 15 is 0 Å². The molecular weight excluding hydrogens is 579 g/mol. The van der Waals surface area contributed by atoms with Gasteiger partial charge in [-0.3, -0.25) is 4.79 Å². The van der Waals surface area contributed by atoms with Gasteiger partial charge in [0, 0.05) is 23.5 Å². The molecule has 3 aromatic rings. The van der Waals surface area contributed by atoms with Crippen molar-refractivity contribution in [2.24, 2.45) is 11.3 Å². The van der Waals surface area contributed by atoms with Crippen LogP contribution < -0.4 is 15.4 Å². The molecule has 3 unspecified atom stereocenters. The van der Waals surface area contributed by atoms with Gasteiger partial charge >= 0.3 is 0 Å². The fourth-order valence-corrected chi connectivity index (χ4v) is 5.03. The molecule has 4 rings (SSSR count). The molecule has 1 fully saturated rings. The number of methoxy groups -OCH3 is 1. The molecule has 0 aliphatic carbocycles. The van der Waals surface area contributed by atoms with Crippen LogP contribution in [0.1, 0.15) is 64.0 Å². The number of nitrogens with zero attached hydrogens (tertiary/aromatic N) is 1. The minimum Gasteiger partial charge on any atom is -0.495 e. The van der Waals surface area contributed by atoms with Gasteiger partial charge in [0.25, 0.3) is 0 Å². The molecule has 1 saturated heterocycles. The zero-order valence-corrected chi connectivity index (χ0v) is 26.4. The number of carbonyl (C=O) groups is 1. The maximum absolute atomic E-state index is 14.2. The molecular formula is C33H39Cl2F2N3O2. The quantitative estimate of drug-likeness (QED) is 0.271. The first-order chi connectivity index (χ1) is 19.8. The Balaban J connectivity index is 0.000000242. The second-order valence-electron chi connectivity index (χ2n) is 11.5. The first kappa shape index (κ1) is 35.0. The third-order valence-electron chi connectivity index (χ3n) is 6.72. The SMILES string of the molecule is CC(C)(C)CC1NCC(c2cccc(Cl)c2F)C1C#N.COc1cc(C(C)C)ccc1NC=O.Fc1cccc(Cl)c1. The highest BCUT2D eigenvalue weighted by molar-refractivity contribution is 6.31. The minimum atomic E-state index is -0.391. The van der Waals surface area contributed by atoms with E-state index in [1.807, 2.05) is 18.2 Å². The van der Waals surface area contributed by atoms with Crippen LogP contribution in [0.15, 0.2) is 60.7 Å². The summed E-state index contributed by atoms with van der Waals surface area (Å²) >= 11 is 11.3. The third kappa shape index (κ3) is 10.6. The summed E-state index contributed by atoms with van der Waals surface area (Å²) < 4.78 is 31.4. The summed E-state index contributed by atoms with van der Waals surface area (Å²) in [6.45, 7) is 11.3. The van der Waals surface area contributed by atoms with Gasteiger partial charge in [-0.15, -0.1) is 0 Å². The van der Waals surface area contributed by atoms with E-state index in [0.29, 0.717) is 40.9 Å². The molecule has 1 aliphatic heterocycles. The van der Waals surface area contributed by atoms with Gasteiger partial charge in [-0.1, -0.05) is 82.1 Å². The Morgan fingerprint density at radius 3 is 2.33 bits per heavy atom. The Morgan fingerprint density at radius 2 is 1.81 bits per heavy atom. The summed E-state index contributed by atoms with van der Waals surface area (Å²) in [6, 6.07) is 19.1. The van der Waals surface area contributed by atoms with Gasteiger partial charge in [0.05, 0.1) is 29.8 Å². The lowest BCUT2D eigenvalue weighted by Gasteiger charge is -2.26. The number of benzene rings is 3. The molecule has 9 heteroatoms. The van der Waals surface area contributed by atoms with E-state index in [2.05, 4.69) is 51.3 Å². The van der Waals surface area contributed by atoms with Crippen molar-refractivity contribution in [3.63, 3.8) is 0 Å². The number of halogens is 4. The van der Waals surface area contributed by atoms with Crippen LogP contribution in [0, 0.1) is 34.3 Å². The summed E-state index contributed by atoms with van der Waals surface area (Å²) in [5.74, 6) is 0.112. The monoisotopic (exact) mass is 617 g/mol. The van der Waals surface area contributed by atoms with E-state index in [0.717, 1.165) is 6.42 Å². The average Bonchev–Trinajstić information content (AvgIpc) is 3.31. The number of hydrogen-bond acceptors (Lipinski definition) is 4. The van der Waals surface area contributed by atoms with E-state index < -0.39 is 5.82 Å². The lowest BCUT2D eigenvalue weighted by molar-refractivity contribution is -0.105. The summed E-state index contributed by atoms with van der Waals surface area (Å²) in [6.07, 6.45) is 1.54.